The predicted molar refractivity (Wildman–Crippen MR) is 68.9 cm³/mol. The zero-order valence-corrected chi connectivity index (χ0v) is 11.6. The Bertz CT molecular complexity index is 372. The Morgan fingerprint density at radius 1 is 1.56 bits per heavy atom. The van der Waals surface area contributed by atoms with E-state index in [0.717, 1.165) is 23.2 Å². The van der Waals surface area contributed by atoms with Gasteiger partial charge in [-0.25, -0.2) is 4.98 Å². The molecule has 16 heavy (non-hydrogen) atoms. The number of alkyl halides is 1. The minimum absolute atomic E-state index is 0.235. The second kappa shape index (κ2) is 5.08. The normalized spacial score (nSPS) is 26.1. The maximum absolute atomic E-state index is 6.01. The molecule has 0 aliphatic carbocycles. The number of nitrogens with zero attached hydrogens (tertiary/aromatic N) is 2. The highest BCUT2D eigenvalue weighted by Crippen LogP contribution is 2.33. The van der Waals surface area contributed by atoms with E-state index in [1.165, 1.54) is 0 Å². The number of ether oxygens (including phenoxy) is 1. The van der Waals surface area contributed by atoms with Gasteiger partial charge >= 0.3 is 0 Å². The number of aromatic nitrogens is 1. The molecule has 1 saturated heterocycles. The van der Waals surface area contributed by atoms with E-state index in [0.29, 0.717) is 17.1 Å². The topological polar surface area (TPSA) is 25.4 Å². The molecule has 1 fully saturated rings. The molecule has 0 saturated carbocycles. The Balaban J connectivity index is 2.21. The first-order valence-corrected chi connectivity index (χ1v) is 6.94. The van der Waals surface area contributed by atoms with Crippen LogP contribution in [-0.2, 0) is 10.6 Å². The Kier molecular flexibility index (Phi) is 3.95. The first-order valence-electron chi connectivity index (χ1n) is 5.21. The number of thiazole rings is 1. The molecule has 6 heteroatoms. The van der Waals surface area contributed by atoms with Gasteiger partial charge < -0.3 is 9.64 Å². The van der Waals surface area contributed by atoms with Gasteiger partial charge in [-0.2, -0.15) is 0 Å². The van der Waals surface area contributed by atoms with Crippen LogP contribution in [0.3, 0.4) is 0 Å². The van der Waals surface area contributed by atoms with Gasteiger partial charge in [0, 0.05) is 6.54 Å². The van der Waals surface area contributed by atoms with Gasteiger partial charge in [0.1, 0.15) is 5.15 Å². The van der Waals surface area contributed by atoms with Gasteiger partial charge in [-0.05, 0) is 13.8 Å². The minimum Gasteiger partial charge on any atom is -0.375 e. The number of morpholine rings is 1. The number of rotatable bonds is 2. The summed E-state index contributed by atoms with van der Waals surface area (Å²) in [6.45, 7) is 5.78. The molecule has 90 valence electrons. The smallest absolute Gasteiger partial charge is 0.187 e. The molecular weight excluding hydrogens is 267 g/mol. The molecule has 1 aliphatic heterocycles. The summed E-state index contributed by atoms with van der Waals surface area (Å²) in [5.74, 6) is 0.421. The van der Waals surface area contributed by atoms with Crippen LogP contribution in [0.5, 0.6) is 0 Å². The lowest BCUT2D eigenvalue weighted by Gasteiger charge is -2.36. The molecule has 1 aromatic rings. The third kappa shape index (κ3) is 2.45. The molecule has 0 bridgehead atoms. The third-order valence-electron chi connectivity index (χ3n) is 2.61. The first kappa shape index (κ1) is 12.4. The van der Waals surface area contributed by atoms with Crippen LogP contribution in [0.25, 0.3) is 0 Å². The van der Waals surface area contributed by atoms with Gasteiger partial charge in [-0.1, -0.05) is 22.9 Å². The quantitative estimate of drug-likeness (QED) is 0.779. The van der Waals surface area contributed by atoms with E-state index in [1.54, 1.807) is 11.3 Å². The monoisotopic (exact) mass is 280 g/mol. The molecule has 1 aliphatic rings. The van der Waals surface area contributed by atoms with E-state index in [2.05, 4.69) is 23.7 Å². The van der Waals surface area contributed by atoms with Gasteiger partial charge in [-0.3, -0.25) is 0 Å². The highest BCUT2D eigenvalue weighted by molar-refractivity contribution is 7.16. The second-order valence-corrected chi connectivity index (χ2v) is 5.68. The number of anilines is 1. The Hall–Kier alpha value is -0.0300. The fraction of sp³-hybridized carbons (Fsp3) is 0.700. The second-order valence-electron chi connectivity index (χ2n) is 3.99. The lowest BCUT2D eigenvalue weighted by Crippen LogP contribution is -2.47. The predicted octanol–water partition coefficient (Wildman–Crippen LogP) is 3.15. The van der Waals surface area contributed by atoms with E-state index in [4.69, 9.17) is 27.9 Å². The van der Waals surface area contributed by atoms with Crippen LogP contribution in [0, 0.1) is 0 Å². The molecule has 2 heterocycles. The summed E-state index contributed by atoms with van der Waals surface area (Å²) in [6, 6.07) is 0.335. The maximum Gasteiger partial charge on any atom is 0.187 e. The average molecular weight is 281 g/mol. The summed E-state index contributed by atoms with van der Waals surface area (Å²) < 4.78 is 5.58. The van der Waals surface area contributed by atoms with Crippen molar-refractivity contribution in [2.45, 2.75) is 31.9 Å². The Labute approximate surface area is 109 Å². The van der Waals surface area contributed by atoms with E-state index in [9.17, 15) is 0 Å². The van der Waals surface area contributed by atoms with Crippen molar-refractivity contribution >= 4 is 39.7 Å². The molecule has 3 nitrogen and oxygen atoms in total. The number of hydrogen-bond acceptors (Lipinski definition) is 4. The average Bonchev–Trinajstić information content (AvgIpc) is 2.63. The molecule has 2 unspecified atom stereocenters. The van der Waals surface area contributed by atoms with Crippen molar-refractivity contribution in [3.8, 4) is 0 Å². The van der Waals surface area contributed by atoms with Crippen molar-refractivity contribution in [2.75, 3.05) is 18.1 Å². The SMILES string of the molecule is CC1CN(c2nc(Cl)c(CCl)s2)C(C)CO1. The molecule has 0 amide bonds. The van der Waals surface area contributed by atoms with E-state index < -0.39 is 0 Å². The largest absolute Gasteiger partial charge is 0.375 e. The van der Waals surface area contributed by atoms with Crippen molar-refractivity contribution in [3.05, 3.63) is 10.0 Å². The molecular formula is C10H14Cl2N2OS. The molecule has 1 aromatic heterocycles. The zero-order valence-electron chi connectivity index (χ0n) is 9.24. The van der Waals surface area contributed by atoms with Crippen LogP contribution in [0.15, 0.2) is 0 Å². The van der Waals surface area contributed by atoms with Crippen LogP contribution in [0.2, 0.25) is 5.15 Å². The van der Waals surface area contributed by atoms with Gasteiger partial charge in [-0.15, -0.1) is 11.6 Å². The third-order valence-corrected chi connectivity index (χ3v) is 4.56. The van der Waals surface area contributed by atoms with Gasteiger partial charge in [0.2, 0.25) is 0 Å². The summed E-state index contributed by atoms with van der Waals surface area (Å²) in [5, 5.41) is 1.48. The van der Waals surface area contributed by atoms with Crippen molar-refractivity contribution < 1.29 is 4.74 Å². The Morgan fingerprint density at radius 3 is 2.94 bits per heavy atom. The van der Waals surface area contributed by atoms with Gasteiger partial charge in [0.25, 0.3) is 0 Å². The summed E-state index contributed by atoms with van der Waals surface area (Å²) >= 11 is 13.4. The van der Waals surface area contributed by atoms with Crippen LogP contribution >= 0.6 is 34.5 Å². The lowest BCUT2D eigenvalue weighted by atomic mass is 10.2. The van der Waals surface area contributed by atoms with Crippen molar-refractivity contribution in [3.63, 3.8) is 0 Å². The van der Waals surface area contributed by atoms with Crippen molar-refractivity contribution in [1.82, 2.24) is 4.98 Å². The van der Waals surface area contributed by atoms with Crippen molar-refractivity contribution in [1.29, 1.82) is 0 Å². The fourth-order valence-corrected chi connectivity index (χ4v) is 3.28. The van der Waals surface area contributed by atoms with Crippen molar-refractivity contribution in [2.24, 2.45) is 0 Å². The van der Waals surface area contributed by atoms with Crippen LogP contribution in [0.4, 0.5) is 5.13 Å². The highest BCUT2D eigenvalue weighted by Gasteiger charge is 2.26. The van der Waals surface area contributed by atoms with Crippen LogP contribution < -0.4 is 4.90 Å². The summed E-state index contributed by atoms with van der Waals surface area (Å²) in [6.07, 6.45) is 0.235. The molecule has 0 aromatic carbocycles. The lowest BCUT2D eigenvalue weighted by molar-refractivity contribution is 0.0343. The van der Waals surface area contributed by atoms with Gasteiger partial charge in [0.05, 0.1) is 29.5 Å². The molecule has 0 radical (unpaired) electrons. The zero-order chi connectivity index (χ0) is 11.7. The summed E-state index contributed by atoms with van der Waals surface area (Å²) in [5.41, 5.74) is 0. The van der Waals surface area contributed by atoms with Crippen LogP contribution in [0.1, 0.15) is 18.7 Å². The van der Waals surface area contributed by atoms with E-state index >= 15 is 0 Å². The molecule has 2 rings (SSSR count). The Morgan fingerprint density at radius 2 is 2.31 bits per heavy atom. The molecule has 0 spiro atoms. The van der Waals surface area contributed by atoms with E-state index in [1.807, 2.05) is 0 Å². The molecule has 0 N–H and O–H groups in total. The molecule has 2 atom stereocenters. The highest BCUT2D eigenvalue weighted by atomic mass is 35.5. The fourth-order valence-electron chi connectivity index (χ4n) is 1.70. The van der Waals surface area contributed by atoms with Crippen LogP contribution in [-0.4, -0.2) is 30.3 Å². The summed E-state index contributed by atoms with van der Waals surface area (Å²) in [7, 11) is 0. The van der Waals surface area contributed by atoms with E-state index in [-0.39, 0.29) is 6.10 Å². The number of halogens is 2. The first-order chi connectivity index (χ1) is 7.61. The standard InChI is InChI=1S/C10H14Cl2N2OS/c1-6-5-15-7(2)4-14(6)10-13-9(12)8(3-11)16-10/h6-7H,3-5H2,1-2H3. The maximum atomic E-state index is 6.01. The van der Waals surface area contributed by atoms with Gasteiger partial charge in [0.15, 0.2) is 5.13 Å². The minimum atomic E-state index is 0.235. The summed E-state index contributed by atoms with van der Waals surface area (Å²) in [4.78, 5) is 7.53. The number of hydrogen-bond donors (Lipinski definition) is 0.